The largest absolute Gasteiger partial charge is 0.591 e. The van der Waals surface area contributed by atoms with E-state index in [1.54, 1.807) is 4.90 Å². The van der Waals surface area contributed by atoms with E-state index in [-0.39, 0.29) is 11.5 Å². The highest BCUT2D eigenvalue weighted by molar-refractivity contribution is 7.91. The van der Waals surface area contributed by atoms with Crippen LogP contribution in [-0.4, -0.2) is 44.7 Å². The predicted octanol–water partition coefficient (Wildman–Crippen LogP) is 5.16. The van der Waals surface area contributed by atoms with Gasteiger partial charge in [-0.25, -0.2) is 4.79 Å². The first kappa shape index (κ1) is 22.4. The standard InChI is InChI=1S/C22H31ClN2O3S/c1-20(2,3)28-19(26)25-11-9-22(10-12-25)14-15-13-16(23)7-8-17(15)18(22)24-29(27)21(4,5)6/h7-8,13H,9-12,14H2,1-6H3/b24-18-/t29-/m1/s1. The number of piperidine rings is 1. The Balaban J connectivity index is 1.88. The maximum Gasteiger partial charge on any atom is 0.410 e. The maximum absolute atomic E-state index is 12.9. The Bertz CT molecular complexity index is 818. The quantitative estimate of drug-likeness (QED) is 0.568. The van der Waals surface area contributed by atoms with Crippen molar-refractivity contribution < 1.29 is 14.1 Å². The predicted molar refractivity (Wildman–Crippen MR) is 119 cm³/mol. The van der Waals surface area contributed by atoms with Crippen LogP contribution in [0.4, 0.5) is 4.79 Å². The van der Waals surface area contributed by atoms with Crippen molar-refractivity contribution in [2.24, 2.45) is 9.81 Å². The molecule has 1 amide bonds. The molecule has 1 spiro atoms. The summed E-state index contributed by atoms with van der Waals surface area (Å²) < 4.78 is 22.7. The number of carbonyl (C=O) groups is 1. The number of hydrogen-bond acceptors (Lipinski definition) is 4. The van der Waals surface area contributed by atoms with Crippen LogP contribution in [0.15, 0.2) is 22.6 Å². The molecule has 1 fully saturated rings. The fourth-order valence-electron chi connectivity index (χ4n) is 3.90. The number of halogens is 1. The molecule has 0 N–H and O–H groups in total. The van der Waals surface area contributed by atoms with E-state index >= 15 is 0 Å². The van der Waals surface area contributed by atoms with Gasteiger partial charge in [-0.3, -0.25) is 0 Å². The van der Waals surface area contributed by atoms with Crippen LogP contribution in [0.1, 0.15) is 65.5 Å². The molecule has 0 aromatic heterocycles. The van der Waals surface area contributed by atoms with E-state index < -0.39 is 21.7 Å². The third kappa shape index (κ3) is 4.92. The van der Waals surface area contributed by atoms with Crippen LogP contribution in [0, 0.1) is 5.41 Å². The van der Waals surface area contributed by atoms with Crippen LogP contribution in [0.3, 0.4) is 0 Å². The van der Waals surface area contributed by atoms with Gasteiger partial charge in [0.25, 0.3) is 0 Å². The second-order valence-corrected chi connectivity index (χ2v) is 12.4. The first-order valence-corrected chi connectivity index (χ1v) is 11.6. The minimum Gasteiger partial charge on any atom is -0.591 e. The summed E-state index contributed by atoms with van der Waals surface area (Å²) in [7, 11) is 0. The van der Waals surface area contributed by atoms with Gasteiger partial charge < -0.3 is 14.2 Å². The highest BCUT2D eigenvalue weighted by atomic mass is 35.5. The van der Waals surface area contributed by atoms with Crippen LogP contribution in [-0.2, 0) is 22.5 Å². The van der Waals surface area contributed by atoms with Gasteiger partial charge in [0.1, 0.15) is 27.4 Å². The van der Waals surface area contributed by atoms with Crippen LogP contribution in [0.5, 0.6) is 0 Å². The summed E-state index contributed by atoms with van der Waals surface area (Å²) in [6.45, 7) is 12.6. The van der Waals surface area contributed by atoms with E-state index in [9.17, 15) is 9.35 Å². The van der Waals surface area contributed by atoms with E-state index in [0.717, 1.165) is 36.1 Å². The van der Waals surface area contributed by atoms with Gasteiger partial charge in [-0.1, -0.05) is 22.1 Å². The van der Waals surface area contributed by atoms with Gasteiger partial charge in [-0.2, -0.15) is 0 Å². The second-order valence-electron chi connectivity index (χ2n) is 10.0. The van der Waals surface area contributed by atoms with Crippen molar-refractivity contribution in [2.75, 3.05) is 13.1 Å². The zero-order valence-electron chi connectivity index (χ0n) is 18.2. The maximum atomic E-state index is 12.9. The van der Waals surface area contributed by atoms with Crippen molar-refractivity contribution in [3.63, 3.8) is 0 Å². The topological polar surface area (TPSA) is 65.0 Å². The molecule has 1 heterocycles. The number of carbonyl (C=O) groups excluding carboxylic acids is 1. The van der Waals surface area contributed by atoms with Crippen molar-refractivity contribution in [1.82, 2.24) is 4.90 Å². The Morgan fingerprint density at radius 1 is 1.21 bits per heavy atom. The van der Waals surface area contributed by atoms with E-state index in [1.807, 2.05) is 59.7 Å². The van der Waals surface area contributed by atoms with E-state index in [1.165, 1.54) is 0 Å². The van der Waals surface area contributed by atoms with E-state index in [0.29, 0.717) is 18.1 Å². The molecule has 1 atom stereocenters. The molecule has 0 unspecified atom stereocenters. The Labute approximate surface area is 182 Å². The molecule has 3 rings (SSSR count). The minimum absolute atomic E-state index is 0.216. The molecular formula is C22H31ClN2O3S. The van der Waals surface area contributed by atoms with Crippen LogP contribution < -0.4 is 0 Å². The number of likely N-dealkylation sites (tertiary alicyclic amines) is 1. The van der Waals surface area contributed by atoms with Gasteiger partial charge in [0.05, 0.1) is 0 Å². The van der Waals surface area contributed by atoms with Crippen LogP contribution in [0.2, 0.25) is 5.02 Å². The molecule has 2 aliphatic rings. The summed E-state index contributed by atoms with van der Waals surface area (Å²) in [5.41, 5.74) is 2.36. The highest BCUT2D eigenvalue weighted by Gasteiger charge is 2.48. The van der Waals surface area contributed by atoms with Gasteiger partial charge in [0, 0.05) is 29.1 Å². The second kappa shape index (κ2) is 7.78. The molecule has 1 aromatic rings. The van der Waals surface area contributed by atoms with Crippen LogP contribution in [0.25, 0.3) is 0 Å². The molecule has 29 heavy (non-hydrogen) atoms. The number of rotatable bonds is 1. The number of hydrogen-bond donors (Lipinski definition) is 0. The van der Waals surface area contributed by atoms with Gasteiger partial charge in [0.2, 0.25) is 0 Å². The van der Waals surface area contributed by atoms with Crippen molar-refractivity contribution >= 4 is 34.8 Å². The molecule has 5 nitrogen and oxygen atoms in total. The summed E-state index contributed by atoms with van der Waals surface area (Å²) in [5.74, 6) is 0. The fraction of sp³-hybridized carbons (Fsp3) is 0.636. The third-order valence-electron chi connectivity index (χ3n) is 5.42. The third-order valence-corrected chi connectivity index (χ3v) is 7.06. The first-order valence-electron chi connectivity index (χ1n) is 10.1. The van der Waals surface area contributed by atoms with E-state index in [2.05, 4.69) is 0 Å². The molecule has 0 saturated carbocycles. The first-order chi connectivity index (χ1) is 13.3. The average Bonchev–Trinajstić information content (AvgIpc) is 2.85. The number of benzene rings is 1. The van der Waals surface area contributed by atoms with Crippen molar-refractivity contribution in [2.45, 2.75) is 71.2 Å². The summed E-state index contributed by atoms with van der Waals surface area (Å²) >= 11 is 4.89. The number of ether oxygens (including phenoxy) is 1. The van der Waals surface area contributed by atoms with Gasteiger partial charge in [-0.05, 0) is 78.5 Å². The highest BCUT2D eigenvalue weighted by Crippen LogP contribution is 2.46. The summed E-state index contributed by atoms with van der Waals surface area (Å²) in [5, 5.41) is 0.697. The smallest absolute Gasteiger partial charge is 0.410 e. The van der Waals surface area contributed by atoms with Gasteiger partial charge >= 0.3 is 6.09 Å². The number of fused-ring (bicyclic) bond motifs is 1. The van der Waals surface area contributed by atoms with Crippen molar-refractivity contribution in [3.05, 3.63) is 34.3 Å². The average molecular weight is 439 g/mol. The van der Waals surface area contributed by atoms with Crippen molar-refractivity contribution in [3.8, 4) is 0 Å². The molecular weight excluding hydrogens is 408 g/mol. The molecule has 1 aromatic carbocycles. The fourth-order valence-corrected chi connectivity index (χ4v) is 4.82. The monoisotopic (exact) mass is 438 g/mol. The van der Waals surface area contributed by atoms with E-state index in [4.69, 9.17) is 20.7 Å². The molecule has 0 radical (unpaired) electrons. The van der Waals surface area contributed by atoms with Crippen LogP contribution >= 0.6 is 11.6 Å². The normalized spacial score (nSPS) is 21.4. The molecule has 160 valence electrons. The lowest BCUT2D eigenvalue weighted by Crippen LogP contribution is -2.47. The Hall–Kier alpha value is -1.24. The number of nitrogens with zero attached hydrogens (tertiary/aromatic N) is 2. The Kier molecular flexibility index (Phi) is 6.03. The van der Waals surface area contributed by atoms with Crippen molar-refractivity contribution in [1.29, 1.82) is 0 Å². The molecule has 0 bridgehead atoms. The lowest BCUT2D eigenvalue weighted by atomic mass is 9.74. The molecule has 1 aliphatic heterocycles. The number of amides is 1. The van der Waals surface area contributed by atoms with Gasteiger partial charge in [-0.15, -0.1) is 0 Å². The molecule has 7 heteroatoms. The zero-order valence-corrected chi connectivity index (χ0v) is 19.7. The van der Waals surface area contributed by atoms with Gasteiger partial charge in [0.15, 0.2) is 0 Å². The Morgan fingerprint density at radius 2 is 1.83 bits per heavy atom. The SMILES string of the molecule is CC(C)(C)OC(=O)N1CCC2(CC1)Cc1cc(Cl)ccc1/C2=N/[S@+]([O-])C(C)(C)C. The minimum atomic E-state index is -1.35. The summed E-state index contributed by atoms with van der Waals surface area (Å²) in [6, 6.07) is 5.84. The lowest BCUT2D eigenvalue weighted by Gasteiger charge is -2.39. The molecule has 1 saturated heterocycles. The summed E-state index contributed by atoms with van der Waals surface area (Å²) in [6.07, 6.45) is 2.06. The Morgan fingerprint density at radius 3 is 2.38 bits per heavy atom. The lowest BCUT2D eigenvalue weighted by molar-refractivity contribution is 0.0159. The zero-order chi connectivity index (χ0) is 21.6. The molecule has 1 aliphatic carbocycles. The summed E-state index contributed by atoms with van der Waals surface area (Å²) in [4.78, 5) is 14.2.